The molecule has 0 bridgehead atoms. The summed E-state index contributed by atoms with van der Waals surface area (Å²) in [5.41, 5.74) is 0.582. The maximum Gasteiger partial charge on any atom is 0.416 e. The third-order valence-electron chi connectivity index (χ3n) is 4.01. The second kappa shape index (κ2) is 5.96. The maximum atomic E-state index is 13.2. The van der Waals surface area contributed by atoms with E-state index in [0.29, 0.717) is 11.1 Å². The van der Waals surface area contributed by atoms with Crippen LogP contribution in [0.25, 0.3) is 11.1 Å². The van der Waals surface area contributed by atoms with Gasteiger partial charge in [0.1, 0.15) is 0 Å². The summed E-state index contributed by atoms with van der Waals surface area (Å²) in [7, 11) is -1.06. The topological polar surface area (TPSA) is 49.7 Å². The van der Waals surface area contributed by atoms with E-state index in [4.69, 9.17) is 0 Å². The number of hydrogen-bond acceptors (Lipinski definition) is 3. The summed E-state index contributed by atoms with van der Waals surface area (Å²) < 4.78 is 65.9. The van der Waals surface area contributed by atoms with E-state index in [9.17, 15) is 21.6 Å². The molecule has 8 heteroatoms. The molecule has 0 unspecified atom stereocenters. The Morgan fingerprint density at radius 1 is 1.08 bits per heavy atom. The van der Waals surface area contributed by atoms with Crippen molar-refractivity contribution in [3.63, 3.8) is 0 Å². The van der Waals surface area contributed by atoms with Crippen molar-refractivity contribution in [3.05, 3.63) is 53.1 Å². The van der Waals surface area contributed by atoms with Crippen LogP contribution >= 0.6 is 0 Å². The van der Waals surface area contributed by atoms with Gasteiger partial charge in [0.05, 0.1) is 17.0 Å². The normalized spacial score (nSPS) is 14.2. The highest BCUT2D eigenvalue weighted by Crippen LogP contribution is 2.39. The molecule has 1 aliphatic rings. The Morgan fingerprint density at radius 2 is 1.76 bits per heavy atom. The molecule has 2 aromatic rings. The van der Waals surface area contributed by atoms with Crippen LogP contribution in [0.4, 0.5) is 13.2 Å². The molecule has 0 aromatic heterocycles. The van der Waals surface area contributed by atoms with Crippen molar-refractivity contribution in [3.8, 4) is 11.1 Å². The Morgan fingerprint density at radius 3 is 2.40 bits per heavy atom. The first-order valence-electron chi connectivity index (χ1n) is 7.38. The molecule has 0 fully saturated rings. The Kier molecular flexibility index (Phi) is 4.20. The quantitative estimate of drug-likeness (QED) is 0.832. The number of aliphatic imine (C=N–C) groups is 1. The van der Waals surface area contributed by atoms with Crippen molar-refractivity contribution in [2.45, 2.75) is 17.6 Å². The van der Waals surface area contributed by atoms with Crippen molar-refractivity contribution in [2.24, 2.45) is 4.99 Å². The molecule has 0 amide bonds. The lowest BCUT2D eigenvalue weighted by atomic mass is 9.94. The molecule has 0 atom stereocenters. The summed E-state index contributed by atoms with van der Waals surface area (Å²) in [6.07, 6.45) is -3.04. The summed E-state index contributed by atoms with van der Waals surface area (Å²) >= 11 is 0. The lowest BCUT2D eigenvalue weighted by Gasteiger charge is -2.18. The standard InChI is InChI=1S/C17H15F3N2O2S/c1-22(2)25(23,24)16-6-4-3-5-13(16)14-8-12(17(18,19)20)7-11-9-21-10-15(11)14/h3-8,10H,9H2,1-2H3. The Hall–Kier alpha value is -2.19. The molecule has 0 saturated carbocycles. The van der Waals surface area contributed by atoms with E-state index in [1.165, 1.54) is 32.4 Å². The average Bonchev–Trinajstić information content (AvgIpc) is 3.01. The average molecular weight is 368 g/mol. The minimum absolute atomic E-state index is 0.0400. The Bertz CT molecular complexity index is 964. The third-order valence-corrected chi connectivity index (χ3v) is 5.88. The number of fused-ring (bicyclic) bond motifs is 1. The van der Waals surface area contributed by atoms with Crippen LogP contribution in [0.15, 0.2) is 46.3 Å². The molecular weight excluding hydrogens is 353 g/mol. The predicted molar refractivity (Wildman–Crippen MR) is 89.1 cm³/mol. The van der Waals surface area contributed by atoms with E-state index in [1.54, 1.807) is 12.1 Å². The fourth-order valence-electron chi connectivity index (χ4n) is 2.73. The van der Waals surface area contributed by atoms with Gasteiger partial charge >= 0.3 is 6.18 Å². The van der Waals surface area contributed by atoms with E-state index in [-0.39, 0.29) is 22.6 Å². The fourth-order valence-corrected chi connectivity index (χ4v) is 3.83. The zero-order chi connectivity index (χ0) is 18.4. The molecule has 0 radical (unpaired) electrons. The second-order valence-corrected chi connectivity index (χ2v) is 7.97. The molecule has 3 rings (SSSR count). The largest absolute Gasteiger partial charge is 0.416 e. The highest BCUT2D eigenvalue weighted by molar-refractivity contribution is 7.89. The van der Waals surface area contributed by atoms with Crippen LogP contribution in [0.2, 0.25) is 0 Å². The summed E-state index contributed by atoms with van der Waals surface area (Å²) in [6.45, 7) is 0.148. The zero-order valence-corrected chi connectivity index (χ0v) is 14.3. The van der Waals surface area contributed by atoms with Crippen LogP contribution in [0, 0.1) is 0 Å². The van der Waals surface area contributed by atoms with E-state index >= 15 is 0 Å². The minimum atomic E-state index is -4.53. The molecular formula is C17H15F3N2O2S. The number of sulfonamides is 1. The minimum Gasteiger partial charge on any atom is -0.288 e. The lowest BCUT2D eigenvalue weighted by Crippen LogP contribution is -2.23. The van der Waals surface area contributed by atoms with E-state index in [2.05, 4.69) is 4.99 Å². The summed E-state index contributed by atoms with van der Waals surface area (Å²) in [4.78, 5) is 4.00. The molecule has 2 aromatic carbocycles. The van der Waals surface area contributed by atoms with Gasteiger partial charge in [-0.05, 0) is 29.3 Å². The van der Waals surface area contributed by atoms with Gasteiger partial charge in [0.15, 0.2) is 0 Å². The molecule has 25 heavy (non-hydrogen) atoms. The fraction of sp³-hybridized carbons (Fsp3) is 0.235. The molecule has 1 heterocycles. The lowest BCUT2D eigenvalue weighted by molar-refractivity contribution is -0.137. The number of rotatable bonds is 3. The Labute approximate surface area is 143 Å². The number of benzene rings is 2. The van der Waals surface area contributed by atoms with Crippen molar-refractivity contribution in [2.75, 3.05) is 14.1 Å². The Balaban J connectivity index is 2.32. The summed E-state index contributed by atoms with van der Waals surface area (Å²) in [5.74, 6) is 0. The molecule has 1 aliphatic heterocycles. The molecule has 0 N–H and O–H groups in total. The maximum absolute atomic E-state index is 13.2. The van der Waals surface area contributed by atoms with Gasteiger partial charge in [-0.25, -0.2) is 12.7 Å². The van der Waals surface area contributed by atoms with Crippen LogP contribution in [0.3, 0.4) is 0 Å². The highest BCUT2D eigenvalue weighted by atomic mass is 32.2. The van der Waals surface area contributed by atoms with Gasteiger partial charge in [-0.2, -0.15) is 13.2 Å². The molecule has 4 nitrogen and oxygen atoms in total. The van der Waals surface area contributed by atoms with Gasteiger partial charge in [-0.1, -0.05) is 18.2 Å². The first-order chi connectivity index (χ1) is 11.6. The first-order valence-corrected chi connectivity index (χ1v) is 8.82. The van der Waals surface area contributed by atoms with Gasteiger partial charge < -0.3 is 0 Å². The van der Waals surface area contributed by atoms with Crippen molar-refractivity contribution in [1.82, 2.24) is 4.31 Å². The SMILES string of the molecule is CN(C)S(=O)(=O)c1ccccc1-c1cc(C(F)(F)F)cc2c1C=NC2. The summed E-state index contributed by atoms with van der Waals surface area (Å²) in [6, 6.07) is 8.10. The van der Waals surface area contributed by atoms with Gasteiger partial charge in [0.25, 0.3) is 0 Å². The van der Waals surface area contributed by atoms with Crippen LogP contribution < -0.4 is 0 Å². The van der Waals surface area contributed by atoms with Gasteiger partial charge in [0, 0.05) is 31.4 Å². The third kappa shape index (κ3) is 3.07. The molecule has 0 spiro atoms. The van der Waals surface area contributed by atoms with E-state index in [0.717, 1.165) is 16.4 Å². The number of nitrogens with zero attached hydrogens (tertiary/aromatic N) is 2. The number of halogens is 3. The number of hydrogen-bond donors (Lipinski definition) is 0. The van der Waals surface area contributed by atoms with Crippen LogP contribution in [0.1, 0.15) is 16.7 Å². The first kappa shape index (κ1) is 17.6. The smallest absolute Gasteiger partial charge is 0.288 e. The van der Waals surface area contributed by atoms with Crippen molar-refractivity contribution in [1.29, 1.82) is 0 Å². The second-order valence-electron chi connectivity index (χ2n) is 5.85. The van der Waals surface area contributed by atoms with Crippen LogP contribution in [-0.4, -0.2) is 33.0 Å². The zero-order valence-electron chi connectivity index (χ0n) is 13.5. The van der Waals surface area contributed by atoms with Crippen LogP contribution in [0.5, 0.6) is 0 Å². The van der Waals surface area contributed by atoms with Crippen LogP contribution in [-0.2, 0) is 22.7 Å². The van der Waals surface area contributed by atoms with E-state index in [1.807, 2.05) is 0 Å². The van der Waals surface area contributed by atoms with Gasteiger partial charge in [-0.15, -0.1) is 0 Å². The number of alkyl halides is 3. The highest BCUT2D eigenvalue weighted by Gasteiger charge is 2.33. The van der Waals surface area contributed by atoms with Gasteiger partial charge in [-0.3, -0.25) is 4.99 Å². The van der Waals surface area contributed by atoms with Gasteiger partial charge in [0.2, 0.25) is 10.0 Å². The molecule has 0 aliphatic carbocycles. The predicted octanol–water partition coefficient (Wildman–Crippen LogP) is 3.56. The molecule has 0 saturated heterocycles. The van der Waals surface area contributed by atoms with E-state index < -0.39 is 21.8 Å². The van der Waals surface area contributed by atoms with Crippen molar-refractivity contribution < 1.29 is 21.6 Å². The van der Waals surface area contributed by atoms with Crippen molar-refractivity contribution >= 4 is 16.2 Å². The summed E-state index contributed by atoms with van der Waals surface area (Å²) in [5, 5.41) is 0. The monoisotopic (exact) mass is 368 g/mol. The molecule has 132 valence electrons.